The van der Waals surface area contributed by atoms with Gasteiger partial charge in [0.05, 0.1) is 30.5 Å². The molecule has 0 aliphatic rings. The van der Waals surface area contributed by atoms with Gasteiger partial charge < -0.3 is 14.8 Å². The topological polar surface area (TPSA) is 84.9 Å². The third-order valence-electron chi connectivity index (χ3n) is 4.41. The van der Waals surface area contributed by atoms with E-state index in [0.29, 0.717) is 17.2 Å². The number of rotatable bonds is 8. The van der Waals surface area contributed by atoms with E-state index in [1.807, 2.05) is 0 Å². The Morgan fingerprint density at radius 3 is 2.26 bits per heavy atom. The first-order chi connectivity index (χ1) is 14.8. The van der Waals surface area contributed by atoms with Gasteiger partial charge in [0.15, 0.2) is 0 Å². The average molecular weight is 444 g/mol. The molecule has 0 aromatic heterocycles. The highest BCUT2D eigenvalue weighted by molar-refractivity contribution is 7.92. The zero-order valence-electron chi connectivity index (χ0n) is 16.9. The first-order valence-electron chi connectivity index (χ1n) is 9.20. The SMILES string of the molecule is COc1ccc(OC)c(NC(=O)CN(c2ccc(F)cc2)S(=O)(=O)c2ccccc2)c1. The summed E-state index contributed by atoms with van der Waals surface area (Å²) in [5, 5.41) is 2.65. The lowest BCUT2D eigenvalue weighted by Gasteiger charge is -2.24. The molecule has 162 valence electrons. The molecule has 1 N–H and O–H groups in total. The van der Waals surface area contributed by atoms with Crippen LogP contribution in [0.3, 0.4) is 0 Å². The minimum absolute atomic E-state index is 0.00564. The zero-order chi connectivity index (χ0) is 22.4. The molecular weight excluding hydrogens is 423 g/mol. The number of anilines is 2. The highest BCUT2D eigenvalue weighted by atomic mass is 32.2. The number of nitrogens with zero attached hydrogens (tertiary/aromatic N) is 1. The number of halogens is 1. The van der Waals surface area contributed by atoms with E-state index in [9.17, 15) is 17.6 Å². The highest BCUT2D eigenvalue weighted by Gasteiger charge is 2.27. The molecule has 3 aromatic carbocycles. The molecule has 0 unspecified atom stereocenters. The number of benzene rings is 3. The van der Waals surface area contributed by atoms with Crippen molar-refractivity contribution in [1.29, 1.82) is 0 Å². The molecule has 1 amide bonds. The molecule has 31 heavy (non-hydrogen) atoms. The van der Waals surface area contributed by atoms with Gasteiger partial charge in [-0.3, -0.25) is 9.10 Å². The van der Waals surface area contributed by atoms with Gasteiger partial charge >= 0.3 is 0 Å². The van der Waals surface area contributed by atoms with E-state index in [2.05, 4.69) is 5.32 Å². The fourth-order valence-electron chi connectivity index (χ4n) is 2.87. The lowest BCUT2D eigenvalue weighted by Crippen LogP contribution is -2.38. The van der Waals surface area contributed by atoms with Crippen LogP contribution in [0.25, 0.3) is 0 Å². The third kappa shape index (κ3) is 5.13. The van der Waals surface area contributed by atoms with E-state index in [-0.39, 0.29) is 10.6 Å². The first-order valence-corrected chi connectivity index (χ1v) is 10.6. The number of nitrogens with one attached hydrogen (secondary N) is 1. The van der Waals surface area contributed by atoms with Crippen LogP contribution in [0.5, 0.6) is 11.5 Å². The molecule has 3 aromatic rings. The van der Waals surface area contributed by atoms with Crippen molar-refractivity contribution >= 4 is 27.3 Å². The van der Waals surface area contributed by atoms with Crippen LogP contribution in [-0.4, -0.2) is 35.1 Å². The minimum Gasteiger partial charge on any atom is -0.497 e. The molecular formula is C22H21FN2O5S. The van der Waals surface area contributed by atoms with Crippen LogP contribution in [-0.2, 0) is 14.8 Å². The predicted molar refractivity (Wildman–Crippen MR) is 116 cm³/mol. The van der Waals surface area contributed by atoms with Crippen LogP contribution in [0, 0.1) is 5.82 Å². The summed E-state index contributed by atoms with van der Waals surface area (Å²) < 4.78 is 51.2. The Bertz CT molecular complexity index is 1150. The maximum Gasteiger partial charge on any atom is 0.264 e. The van der Waals surface area contributed by atoms with Gasteiger partial charge in [0.25, 0.3) is 10.0 Å². The van der Waals surface area contributed by atoms with E-state index in [1.165, 1.54) is 38.5 Å². The Hall–Kier alpha value is -3.59. The van der Waals surface area contributed by atoms with Crippen molar-refractivity contribution in [3.8, 4) is 11.5 Å². The second-order valence-electron chi connectivity index (χ2n) is 6.42. The van der Waals surface area contributed by atoms with Gasteiger partial charge in [0.2, 0.25) is 5.91 Å². The Morgan fingerprint density at radius 2 is 1.65 bits per heavy atom. The van der Waals surface area contributed by atoms with Gasteiger partial charge in [-0.05, 0) is 48.5 Å². The molecule has 0 bridgehead atoms. The summed E-state index contributed by atoms with van der Waals surface area (Å²) in [6.45, 7) is -0.538. The number of ether oxygens (including phenoxy) is 2. The first kappa shape index (κ1) is 22.1. The molecule has 0 fully saturated rings. The summed E-state index contributed by atoms with van der Waals surface area (Å²) in [5.74, 6) is -0.265. The van der Waals surface area contributed by atoms with Crippen molar-refractivity contribution in [2.24, 2.45) is 0 Å². The fraction of sp³-hybridized carbons (Fsp3) is 0.136. The third-order valence-corrected chi connectivity index (χ3v) is 6.20. The van der Waals surface area contributed by atoms with E-state index in [1.54, 1.807) is 36.4 Å². The number of amides is 1. The minimum atomic E-state index is -4.09. The second kappa shape index (κ2) is 9.48. The molecule has 0 aliphatic carbocycles. The highest BCUT2D eigenvalue weighted by Crippen LogP contribution is 2.29. The molecule has 0 spiro atoms. The molecule has 0 heterocycles. The molecule has 9 heteroatoms. The molecule has 0 atom stereocenters. The van der Waals surface area contributed by atoms with E-state index >= 15 is 0 Å². The Balaban J connectivity index is 1.94. The van der Waals surface area contributed by atoms with Crippen molar-refractivity contribution < 1.29 is 27.1 Å². The number of sulfonamides is 1. The molecule has 3 rings (SSSR count). The number of hydrogen-bond acceptors (Lipinski definition) is 5. The summed E-state index contributed by atoms with van der Waals surface area (Å²) in [6, 6.07) is 17.4. The summed E-state index contributed by atoms with van der Waals surface area (Å²) in [5.41, 5.74) is 0.473. The molecule has 0 radical (unpaired) electrons. The Morgan fingerprint density at radius 1 is 0.968 bits per heavy atom. The summed E-state index contributed by atoms with van der Waals surface area (Å²) in [6.07, 6.45) is 0. The van der Waals surface area contributed by atoms with Crippen LogP contribution in [0.15, 0.2) is 77.7 Å². The Labute approximate surface area is 180 Å². The largest absolute Gasteiger partial charge is 0.497 e. The van der Waals surface area contributed by atoms with Crippen molar-refractivity contribution in [3.63, 3.8) is 0 Å². The number of hydrogen-bond donors (Lipinski definition) is 1. The normalized spacial score (nSPS) is 10.9. The quantitative estimate of drug-likeness (QED) is 0.573. The smallest absolute Gasteiger partial charge is 0.264 e. The van der Waals surface area contributed by atoms with Crippen molar-refractivity contribution in [2.75, 3.05) is 30.4 Å². The lowest BCUT2D eigenvalue weighted by molar-refractivity contribution is -0.114. The maximum absolute atomic E-state index is 13.4. The summed E-state index contributed by atoms with van der Waals surface area (Å²) in [4.78, 5) is 12.8. The van der Waals surface area contributed by atoms with Crippen molar-refractivity contribution in [1.82, 2.24) is 0 Å². The van der Waals surface area contributed by atoms with Gasteiger partial charge in [-0.15, -0.1) is 0 Å². The number of methoxy groups -OCH3 is 2. The second-order valence-corrected chi connectivity index (χ2v) is 8.28. The van der Waals surface area contributed by atoms with Gasteiger partial charge in [0.1, 0.15) is 23.9 Å². The zero-order valence-corrected chi connectivity index (χ0v) is 17.7. The van der Waals surface area contributed by atoms with Crippen molar-refractivity contribution in [2.45, 2.75) is 4.90 Å². The monoisotopic (exact) mass is 444 g/mol. The summed E-state index contributed by atoms with van der Waals surface area (Å²) in [7, 11) is -1.16. The standard InChI is InChI=1S/C22H21FN2O5S/c1-29-18-12-13-21(30-2)20(14-18)24-22(26)15-25(17-10-8-16(23)9-11-17)31(27,28)19-6-4-3-5-7-19/h3-14H,15H2,1-2H3,(H,24,26). The molecule has 7 nitrogen and oxygen atoms in total. The number of carbonyl (C=O) groups is 1. The van der Waals surface area contributed by atoms with Crippen LogP contribution in [0.2, 0.25) is 0 Å². The van der Waals surface area contributed by atoms with Gasteiger partial charge in [0, 0.05) is 6.07 Å². The number of carbonyl (C=O) groups excluding carboxylic acids is 1. The van der Waals surface area contributed by atoms with E-state index in [0.717, 1.165) is 16.4 Å². The fourth-order valence-corrected chi connectivity index (χ4v) is 4.32. The molecule has 0 saturated carbocycles. The lowest BCUT2D eigenvalue weighted by atomic mass is 10.2. The van der Waals surface area contributed by atoms with Gasteiger partial charge in [-0.25, -0.2) is 12.8 Å². The summed E-state index contributed by atoms with van der Waals surface area (Å²) >= 11 is 0. The molecule has 0 aliphatic heterocycles. The van der Waals surface area contributed by atoms with Crippen LogP contribution in [0.4, 0.5) is 15.8 Å². The van der Waals surface area contributed by atoms with E-state index in [4.69, 9.17) is 9.47 Å². The van der Waals surface area contributed by atoms with E-state index < -0.39 is 28.3 Å². The maximum atomic E-state index is 13.4. The molecule has 0 saturated heterocycles. The van der Waals surface area contributed by atoms with Crippen LogP contribution < -0.4 is 19.1 Å². The van der Waals surface area contributed by atoms with Crippen molar-refractivity contribution in [3.05, 3.63) is 78.6 Å². The van der Waals surface area contributed by atoms with Gasteiger partial charge in [-0.1, -0.05) is 18.2 Å². The average Bonchev–Trinajstić information content (AvgIpc) is 2.78. The van der Waals surface area contributed by atoms with Gasteiger partial charge in [-0.2, -0.15) is 0 Å². The van der Waals surface area contributed by atoms with Crippen LogP contribution in [0.1, 0.15) is 0 Å². The van der Waals surface area contributed by atoms with Crippen LogP contribution >= 0.6 is 0 Å². The predicted octanol–water partition coefficient (Wildman–Crippen LogP) is 3.68. The Kier molecular flexibility index (Phi) is 6.76.